The maximum atomic E-state index is 11.1. The number of nitrogens with two attached hydrogens (primary N) is 1. The third kappa shape index (κ3) is 7.41. The molecule has 0 radical (unpaired) electrons. The number of hydrogen-bond donors (Lipinski definition) is 1. The Balaban J connectivity index is 2.19. The molecule has 0 bridgehead atoms. The second-order valence-corrected chi connectivity index (χ2v) is 6.58. The molecule has 0 saturated carbocycles. The third-order valence-corrected chi connectivity index (χ3v) is 4.59. The van der Waals surface area contributed by atoms with E-state index in [1.807, 2.05) is 12.3 Å². The highest BCUT2D eigenvalue weighted by Crippen LogP contribution is 2.21. The van der Waals surface area contributed by atoms with Gasteiger partial charge in [-0.05, 0) is 19.3 Å². The van der Waals surface area contributed by atoms with E-state index < -0.39 is 5.97 Å². The molecule has 5 heteroatoms. The summed E-state index contributed by atoms with van der Waals surface area (Å²) in [5.41, 5.74) is 5.66. The summed E-state index contributed by atoms with van der Waals surface area (Å²) in [5.74, 6) is -0.145. The first-order valence-electron chi connectivity index (χ1n) is 9.27. The van der Waals surface area contributed by atoms with Gasteiger partial charge in [0.1, 0.15) is 19.3 Å². The van der Waals surface area contributed by atoms with E-state index in [2.05, 4.69) is 11.6 Å². The van der Waals surface area contributed by atoms with Crippen LogP contribution in [0, 0.1) is 0 Å². The summed E-state index contributed by atoms with van der Waals surface area (Å²) in [5, 5.41) is 11.1. The smallest absolute Gasteiger partial charge is 0.207 e. The molecule has 1 rings (SSSR count). The number of carbonyl (C=O) groups excluding carboxylic acids is 1. The molecule has 1 unspecified atom stereocenters. The van der Waals surface area contributed by atoms with Crippen molar-refractivity contribution in [2.24, 2.45) is 10.7 Å². The lowest BCUT2D eigenvalue weighted by molar-refractivity contribution is -0.780. The summed E-state index contributed by atoms with van der Waals surface area (Å²) in [7, 11) is 0. The van der Waals surface area contributed by atoms with Gasteiger partial charge in [-0.15, -0.1) is 6.58 Å². The highest BCUT2D eigenvalue weighted by Gasteiger charge is 2.34. The van der Waals surface area contributed by atoms with Gasteiger partial charge in [0.2, 0.25) is 5.84 Å². The van der Waals surface area contributed by atoms with E-state index >= 15 is 0 Å². The van der Waals surface area contributed by atoms with Gasteiger partial charge in [0.25, 0.3) is 0 Å². The molecular formula is C19H33N3O2. The second kappa shape index (κ2) is 12.0. The zero-order valence-corrected chi connectivity index (χ0v) is 14.9. The van der Waals surface area contributed by atoms with E-state index in [9.17, 15) is 9.90 Å². The lowest BCUT2D eigenvalue weighted by atomic mass is 10.1. The van der Waals surface area contributed by atoms with E-state index in [1.54, 1.807) is 6.20 Å². The minimum Gasteiger partial charge on any atom is -0.544 e. The molecule has 1 atom stereocenters. The van der Waals surface area contributed by atoms with Crippen LogP contribution < -0.4 is 10.8 Å². The fraction of sp³-hybridized carbons (Fsp3) is 0.684. The van der Waals surface area contributed by atoms with E-state index in [0.717, 1.165) is 25.1 Å². The second-order valence-electron chi connectivity index (χ2n) is 6.58. The largest absolute Gasteiger partial charge is 0.544 e. The lowest BCUT2D eigenvalue weighted by Gasteiger charge is -2.32. The predicted molar refractivity (Wildman–Crippen MR) is 97.0 cm³/mol. The molecule has 0 aromatic rings. The Morgan fingerprint density at radius 1 is 1.17 bits per heavy atom. The number of carboxylic acids is 1. The molecule has 0 aromatic heterocycles. The number of rotatable bonds is 15. The molecule has 0 fully saturated rings. The third-order valence-electron chi connectivity index (χ3n) is 4.59. The summed E-state index contributed by atoms with van der Waals surface area (Å²) >= 11 is 0. The Hall–Kier alpha value is -1.46. The lowest BCUT2D eigenvalue weighted by Crippen LogP contribution is -2.55. The molecular weight excluding hydrogens is 302 g/mol. The van der Waals surface area contributed by atoms with Crippen molar-refractivity contribution in [2.75, 3.05) is 19.6 Å². The first-order valence-corrected chi connectivity index (χ1v) is 9.27. The van der Waals surface area contributed by atoms with Crippen molar-refractivity contribution in [3.8, 4) is 0 Å². The van der Waals surface area contributed by atoms with Gasteiger partial charge >= 0.3 is 0 Å². The fourth-order valence-corrected chi connectivity index (χ4v) is 3.26. The van der Waals surface area contributed by atoms with Gasteiger partial charge in [0, 0.05) is 13.0 Å². The van der Waals surface area contributed by atoms with Gasteiger partial charge in [-0.2, -0.15) is 0 Å². The topological polar surface area (TPSA) is 78.5 Å². The SMILES string of the molecule is C=CCCCCCCCCCCC1=NC=C[N+]1(CCN)CC(=O)[O-]. The van der Waals surface area contributed by atoms with Crippen molar-refractivity contribution >= 4 is 11.8 Å². The Morgan fingerprint density at radius 2 is 1.79 bits per heavy atom. The Bertz CT molecular complexity index is 446. The average molecular weight is 335 g/mol. The van der Waals surface area contributed by atoms with Crippen LogP contribution >= 0.6 is 0 Å². The number of nitrogens with zero attached hydrogens (tertiary/aromatic N) is 2. The number of carbonyl (C=O) groups is 1. The monoisotopic (exact) mass is 335 g/mol. The fourth-order valence-electron chi connectivity index (χ4n) is 3.26. The number of allylic oxidation sites excluding steroid dienone is 1. The number of hydrogen-bond acceptors (Lipinski definition) is 4. The van der Waals surface area contributed by atoms with Crippen LogP contribution in [0.25, 0.3) is 0 Å². The molecule has 0 amide bonds. The number of unbranched alkanes of at least 4 members (excludes halogenated alkanes) is 8. The predicted octanol–water partition coefficient (Wildman–Crippen LogP) is 2.48. The van der Waals surface area contributed by atoms with Crippen LogP contribution in [0.2, 0.25) is 0 Å². The van der Waals surface area contributed by atoms with Gasteiger partial charge < -0.3 is 15.6 Å². The van der Waals surface area contributed by atoms with Crippen LogP contribution in [0.1, 0.15) is 64.2 Å². The van der Waals surface area contributed by atoms with Crippen LogP contribution in [0.3, 0.4) is 0 Å². The highest BCUT2D eigenvalue weighted by atomic mass is 16.4. The van der Waals surface area contributed by atoms with E-state index in [0.29, 0.717) is 13.1 Å². The minimum atomic E-state index is -1.06. The van der Waals surface area contributed by atoms with Crippen molar-refractivity contribution in [1.29, 1.82) is 0 Å². The van der Waals surface area contributed by atoms with Crippen LogP contribution in [0.4, 0.5) is 0 Å². The van der Waals surface area contributed by atoms with Crippen LogP contribution in [-0.4, -0.2) is 35.9 Å². The molecule has 5 nitrogen and oxygen atoms in total. The number of aliphatic carboxylic acids is 1. The van der Waals surface area contributed by atoms with Gasteiger partial charge in [-0.3, -0.25) is 0 Å². The summed E-state index contributed by atoms with van der Waals surface area (Å²) in [6.07, 6.45) is 17.4. The normalized spacial score (nSPS) is 19.5. The van der Waals surface area contributed by atoms with Crippen LogP contribution in [0.15, 0.2) is 30.0 Å². The zero-order valence-electron chi connectivity index (χ0n) is 14.9. The van der Waals surface area contributed by atoms with E-state index in [1.165, 1.54) is 44.9 Å². The van der Waals surface area contributed by atoms with Crippen LogP contribution in [-0.2, 0) is 4.79 Å². The van der Waals surface area contributed by atoms with Crippen LogP contribution in [0.5, 0.6) is 0 Å². The molecule has 0 aromatic carbocycles. The number of carboxylic acid groups (broad SMARTS) is 1. The summed E-state index contributed by atoms with van der Waals surface area (Å²) in [6, 6.07) is 0. The number of quaternary nitrogens is 1. The number of aliphatic imine (C=N–C) groups is 1. The number of amidine groups is 1. The maximum Gasteiger partial charge on any atom is 0.207 e. The average Bonchev–Trinajstić information content (AvgIpc) is 2.91. The van der Waals surface area contributed by atoms with Gasteiger partial charge in [0.15, 0.2) is 0 Å². The molecule has 1 aliphatic rings. The van der Waals surface area contributed by atoms with Gasteiger partial charge in [-0.1, -0.05) is 44.6 Å². The Kier molecular flexibility index (Phi) is 10.3. The van der Waals surface area contributed by atoms with Crippen molar-refractivity contribution < 1.29 is 14.4 Å². The van der Waals surface area contributed by atoms with E-state index in [4.69, 9.17) is 5.73 Å². The Morgan fingerprint density at radius 3 is 2.38 bits per heavy atom. The van der Waals surface area contributed by atoms with Crippen molar-refractivity contribution in [3.05, 3.63) is 25.1 Å². The highest BCUT2D eigenvalue weighted by molar-refractivity contribution is 5.80. The van der Waals surface area contributed by atoms with E-state index in [-0.39, 0.29) is 11.0 Å². The zero-order chi connectivity index (χ0) is 17.7. The molecule has 0 aliphatic carbocycles. The molecule has 0 spiro atoms. The molecule has 1 heterocycles. The summed E-state index contributed by atoms with van der Waals surface area (Å²) in [4.78, 5) is 15.5. The minimum absolute atomic E-state index is 0.0722. The summed E-state index contributed by atoms with van der Waals surface area (Å²) < 4.78 is 0.238. The van der Waals surface area contributed by atoms with Crippen molar-refractivity contribution in [3.63, 3.8) is 0 Å². The molecule has 24 heavy (non-hydrogen) atoms. The quantitative estimate of drug-likeness (QED) is 0.284. The molecule has 0 saturated heterocycles. The van der Waals surface area contributed by atoms with Crippen molar-refractivity contribution in [1.82, 2.24) is 0 Å². The van der Waals surface area contributed by atoms with Gasteiger partial charge in [0.05, 0.1) is 12.2 Å². The Labute approximate surface area is 146 Å². The molecule has 2 N–H and O–H groups in total. The standard InChI is InChI=1S/C19H33N3O2/c1-2-3-4-5-6-7-8-9-10-11-12-18-21-14-16-22(18,15-13-20)17-19(23)24/h2,14,16H,1,3-13,15,17,20H2. The van der Waals surface area contributed by atoms with Crippen molar-refractivity contribution in [2.45, 2.75) is 64.2 Å². The first-order chi connectivity index (χ1) is 11.6. The maximum absolute atomic E-state index is 11.1. The molecule has 136 valence electrons. The first kappa shape index (κ1) is 20.6. The van der Waals surface area contributed by atoms with Gasteiger partial charge in [-0.25, -0.2) is 9.48 Å². The molecule has 1 aliphatic heterocycles. The summed E-state index contributed by atoms with van der Waals surface area (Å²) in [6.45, 7) is 4.66.